The average Bonchev–Trinajstić information content (AvgIpc) is 3.18. The molecule has 8 nitrogen and oxygen atoms in total. The number of hydrogen-bond donors (Lipinski definition) is 2. The van der Waals surface area contributed by atoms with Gasteiger partial charge in [-0.1, -0.05) is 18.2 Å². The van der Waals surface area contributed by atoms with E-state index < -0.39 is 0 Å². The zero-order valence-corrected chi connectivity index (χ0v) is 12.8. The van der Waals surface area contributed by atoms with Crippen LogP contribution < -0.4 is 10.1 Å². The number of benzene rings is 2. The highest BCUT2D eigenvalue weighted by atomic mass is 16.5. The Morgan fingerprint density at radius 1 is 1.16 bits per heavy atom. The van der Waals surface area contributed by atoms with Gasteiger partial charge in [-0.05, 0) is 35.5 Å². The lowest BCUT2D eigenvalue weighted by Gasteiger charge is -2.11. The first-order chi connectivity index (χ1) is 12.3. The van der Waals surface area contributed by atoms with Crippen molar-refractivity contribution in [2.75, 3.05) is 5.32 Å². The van der Waals surface area contributed by atoms with Gasteiger partial charge in [-0.3, -0.25) is 0 Å². The number of rotatable bonds is 5. The van der Waals surface area contributed by atoms with Crippen molar-refractivity contribution in [2.45, 2.75) is 0 Å². The largest absolute Gasteiger partial charge is 0.455 e. The van der Waals surface area contributed by atoms with Crippen LogP contribution in [0.25, 0.3) is 5.57 Å². The van der Waals surface area contributed by atoms with Crippen LogP contribution in [-0.2, 0) is 0 Å². The van der Waals surface area contributed by atoms with E-state index in [-0.39, 0.29) is 11.4 Å². The van der Waals surface area contributed by atoms with Gasteiger partial charge in [0.25, 0.3) is 0 Å². The molecule has 2 aromatic carbocycles. The van der Waals surface area contributed by atoms with Gasteiger partial charge in [-0.15, -0.1) is 10.2 Å². The van der Waals surface area contributed by atoms with E-state index in [1.165, 1.54) is 6.20 Å². The van der Waals surface area contributed by atoms with E-state index in [4.69, 9.17) is 10.00 Å². The monoisotopic (exact) mass is 329 g/mol. The topological polar surface area (TPSA) is 123 Å². The molecule has 0 aliphatic rings. The lowest BCUT2D eigenvalue weighted by molar-refractivity contribution is 0.484. The smallest absolute Gasteiger partial charge is 0.216 e. The minimum absolute atomic E-state index is 0.190. The zero-order valence-electron chi connectivity index (χ0n) is 12.8. The van der Waals surface area contributed by atoms with Gasteiger partial charge in [0, 0.05) is 6.20 Å². The molecule has 0 amide bonds. The Bertz CT molecular complexity index is 981. The van der Waals surface area contributed by atoms with Gasteiger partial charge in [0.1, 0.15) is 17.4 Å². The molecule has 0 atom stereocenters. The molecular formula is C17H11N7O. The predicted molar refractivity (Wildman–Crippen MR) is 89.1 cm³/mol. The summed E-state index contributed by atoms with van der Waals surface area (Å²) in [5.74, 6) is 1.27. The number of nitrogens with zero attached hydrogens (tertiary/aromatic N) is 5. The number of allylic oxidation sites excluding steroid dienone is 1. The number of hydrogen-bond acceptors (Lipinski definition) is 7. The van der Waals surface area contributed by atoms with Crippen LogP contribution in [0.15, 0.2) is 54.7 Å². The predicted octanol–water partition coefficient (Wildman–Crippen LogP) is 2.84. The zero-order chi connectivity index (χ0) is 17.5. The molecule has 25 heavy (non-hydrogen) atoms. The van der Waals surface area contributed by atoms with Gasteiger partial charge in [0.15, 0.2) is 5.75 Å². The number of nitrogens with one attached hydrogen (secondary N) is 2. The molecule has 0 bridgehead atoms. The van der Waals surface area contributed by atoms with Gasteiger partial charge in [-0.2, -0.15) is 15.7 Å². The van der Waals surface area contributed by atoms with Crippen molar-refractivity contribution in [1.29, 1.82) is 10.5 Å². The van der Waals surface area contributed by atoms with Crippen LogP contribution in [0.2, 0.25) is 0 Å². The van der Waals surface area contributed by atoms with E-state index in [1.54, 1.807) is 36.4 Å². The highest BCUT2D eigenvalue weighted by molar-refractivity contribution is 5.75. The number of H-pyrrole nitrogens is 1. The number of nitriles is 2. The summed E-state index contributed by atoms with van der Waals surface area (Å²) in [6.07, 6.45) is 1.47. The van der Waals surface area contributed by atoms with Gasteiger partial charge in [0.05, 0.1) is 17.3 Å². The Morgan fingerprint density at radius 3 is 2.80 bits per heavy atom. The van der Waals surface area contributed by atoms with E-state index in [9.17, 15) is 5.26 Å². The fourth-order valence-electron chi connectivity index (χ4n) is 2.00. The van der Waals surface area contributed by atoms with E-state index in [0.29, 0.717) is 22.7 Å². The third kappa shape index (κ3) is 3.78. The molecule has 8 heteroatoms. The van der Waals surface area contributed by atoms with Gasteiger partial charge in [0.2, 0.25) is 5.82 Å². The van der Waals surface area contributed by atoms with Crippen molar-refractivity contribution in [2.24, 2.45) is 0 Å². The summed E-state index contributed by atoms with van der Waals surface area (Å²) in [6, 6.07) is 18.1. The minimum Gasteiger partial charge on any atom is -0.455 e. The van der Waals surface area contributed by atoms with Crippen molar-refractivity contribution >= 4 is 11.3 Å². The number of aromatic amines is 1. The third-order valence-electron chi connectivity index (χ3n) is 3.16. The van der Waals surface area contributed by atoms with Crippen LogP contribution in [0, 0.1) is 22.7 Å². The van der Waals surface area contributed by atoms with E-state index in [1.807, 2.05) is 18.2 Å². The highest BCUT2D eigenvalue weighted by Gasteiger charge is 2.08. The Morgan fingerprint density at radius 2 is 2.04 bits per heavy atom. The molecule has 2 N–H and O–H groups in total. The molecule has 0 saturated heterocycles. The summed E-state index contributed by atoms with van der Waals surface area (Å²) >= 11 is 0. The molecule has 0 unspecified atom stereocenters. The quantitative estimate of drug-likeness (QED) is 0.690. The van der Waals surface area contributed by atoms with Gasteiger partial charge in [-0.25, -0.2) is 0 Å². The Balaban J connectivity index is 1.84. The van der Waals surface area contributed by atoms with E-state index in [0.717, 1.165) is 0 Å². The second-order valence-corrected chi connectivity index (χ2v) is 4.79. The molecular weight excluding hydrogens is 318 g/mol. The van der Waals surface area contributed by atoms with Crippen molar-refractivity contribution < 1.29 is 4.74 Å². The Kier molecular flexibility index (Phi) is 4.65. The average molecular weight is 329 g/mol. The van der Waals surface area contributed by atoms with Crippen molar-refractivity contribution in [3.05, 3.63) is 66.1 Å². The molecule has 120 valence electrons. The van der Waals surface area contributed by atoms with Crippen molar-refractivity contribution in [3.8, 4) is 23.6 Å². The first kappa shape index (κ1) is 15.7. The van der Waals surface area contributed by atoms with Gasteiger partial charge < -0.3 is 10.1 Å². The third-order valence-corrected chi connectivity index (χ3v) is 3.16. The molecule has 0 aliphatic carbocycles. The molecule has 0 radical (unpaired) electrons. The fourth-order valence-corrected chi connectivity index (χ4v) is 2.00. The number of tetrazole rings is 1. The number of anilines is 1. The first-order valence-corrected chi connectivity index (χ1v) is 7.18. The van der Waals surface area contributed by atoms with Crippen LogP contribution in [0.4, 0.5) is 5.69 Å². The van der Waals surface area contributed by atoms with Crippen LogP contribution >= 0.6 is 0 Å². The molecule has 1 heterocycles. The maximum absolute atomic E-state index is 9.20. The summed E-state index contributed by atoms with van der Waals surface area (Å²) < 4.78 is 5.83. The lowest BCUT2D eigenvalue weighted by Crippen LogP contribution is -1.95. The molecule has 3 aromatic rings. The fraction of sp³-hybridized carbons (Fsp3) is 0. The molecule has 0 aliphatic heterocycles. The normalized spacial score (nSPS) is 10.6. The Hall–Kier alpha value is -4.17. The van der Waals surface area contributed by atoms with Crippen LogP contribution in [0.3, 0.4) is 0 Å². The van der Waals surface area contributed by atoms with Crippen LogP contribution in [-0.4, -0.2) is 20.6 Å². The maximum atomic E-state index is 9.20. The summed E-state index contributed by atoms with van der Waals surface area (Å²) in [4.78, 5) is 0. The van der Waals surface area contributed by atoms with Crippen molar-refractivity contribution in [1.82, 2.24) is 20.6 Å². The van der Waals surface area contributed by atoms with Crippen LogP contribution in [0.5, 0.6) is 11.5 Å². The lowest BCUT2D eigenvalue weighted by atomic mass is 10.2. The van der Waals surface area contributed by atoms with E-state index in [2.05, 4.69) is 32.0 Å². The molecule has 0 fully saturated rings. The summed E-state index contributed by atoms with van der Waals surface area (Å²) in [6.45, 7) is 0. The number of ether oxygens (including phenoxy) is 1. The second kappa shape index (κ2) is 7.40. The molecule has 3 rings (SSSR count). The molecule has 0 spiro atoms. The number of aromatic nitrogens is 4. The van der Waals surface area contributed by atoms with Crippen LogP contribution in [0.1, 0.15) is 11.4 Å². The summed E-state index contributed by atoms with van der Waals surface area (Å²) in [5, 5.41) is 34.4. The second-order valence-electron chi connectivity index (χ2n) is 4.79. The van der Waals surface area contributed by atoms with Gasteiger partial charge >= 0.3 is 0 Å². The minimum atomic E-state index is 0.190. The summed E-state index contributed by atoms with van der Waals surface area (Å²) in [5.41, 5.74) is 1.36. The summed E-state index contributed by atoms with van der Waals surface area (Å²) in [7, 11) is 0. The highest BCUT2D eigenvalue weighted by Crippen LogP contribution is 2.30. The molecule has 0 saturated carbocycles. The van der Waals surface area contributed by atoms with Crippen molar-refractivity contribution in [3.63, 3.8) is 0 Å². The standard InChI is InChI=1S/C17H11N7O/c18-9-12-4-3-5-14(8-12)25-16-7-2-1-6-15(16)20-11-13(10-19)17-21-23-24-22-17/h1-8,11,20H,(H,21,22,23,24). The molecule has 1 aromatic heterocycles. The number of para-hydroxylation sites is 2. The Labute approximate surface area is 143 Å². The maximum Gasteiger partial charge on any atom is 0.216 e. The first-order valence-electron chi connectivity index (χ1n) is 7.18. The SMILES string of the molecule is N#CC(=CNc1ccccc1Oc1cccc(C#N)c1)c1nn[nH]n1. The van der Waals surface area contributed by atoms with E-state index >= 15 is 0 Å².